The van der Waals surface area contributed by atoms with Gasteiger partial charge in [-0.1, -0.05) is 31.7 Å². The Kier molecular flexibility index (Phi) is 4.48. The molecule has 2 rings (SSSR count). The van der Waals surface area contributed by atoms with E-state index in [1.54, 1.807) is 6.20 Å². The van der Waals surface area contributed by atoms with Gasteiger partial charge in [-0.3, -0.25) is 9.78 Å². The summed E-state index contributed by atoms with van der Waals surface area (Å²) in [6.45, 7) is 0.485. The molecular formula is C15H22N2O. The van der Waals surface area contributed by atoms with Crippen LogP contribution in [0.2, 0.25) is 0 Å². The molecule has 0 spiro atoms. The zero-order valence-electron chi connectivity index (χ0n) is 10.9. The van der Waals surface area contributed by atoms with Crippen molar-refractivity contribution in [3.63, 3.8) is 0 Å². The summed E-state index contributed by atoms with van der Waals surface area (Å²) in [6, 6.07) is 5.72. The predicted octanol–water partition coefficient (Wildman–Crippen LogP) is 2.49. The van der Waals surface area contributed by atoms with E-state index in [-0.39, 0.29) is 11.2 Å². The minimum absolute atomic E-state index is 0.283. The maximum atomic E-state index is 12.6. The van der Waals surface area contributed by atoms with Crippen LogP contribution in [-0.2, 0) is 11.2 Å². The maximum absolute atomic E-state index is 12.6. The van der Waals surface area contributed by atoms with Crippen LogP contribution in [0.25, 0.3) is 0 Å². The minimum Gasteiger partial charge on any atom is -0.329 e. The third-order valence-corrected chi connectivity index (χ3v) is 4.11. The number of ketones is 1. The first-order chi connectivity index (χ1) is 8.77. The van der Waals surface area contributed by atoms with E-state index in [1.807, 2.05) is 18.2 Å². The largest absolute Gasteiger partial charge is 0.329 e. The van der Waals surface area contributed by atoms with E-state index in [2.05, 4.69) is 4.98 Å². The highest BCUT2D eigenvalue weighted by molar-refractivity contribution is 5.86. The summed E-state index contributed by atoms with van der Waals surface area (Å²) in [6.07, 6.45) is 8.81. The van der Waals surface area contributed by atoms with Crippen molar-refractivity contribution in [3.8, 4) is 0 Å². The minimum atomic E-state index is -0.284. The molecule has 3 nitrogen and oxygen atoms in total. The van der Waals surface area contributed by atoms with Gasteiger partial charge in [0.1, 0.15) is 5.78 Å². The van der Waals surface area contributed by atoms with Crippen LogP contribution in [-0.4, -0.2) is 17.3 Å². The van der Waals surface area contributed by atoms with Crippen molar-refractivity contribution in [3.05, 3.63) is 30.1 Å². The molecule has 0 amide bonds. The summed E-state index contributed by atoms with van der Waals surface area (Å²) >= 11 is 0. The van der Waals surface area contributed by atoms with Gasteiger partial charge in [0, 0.05) is 30.3 Å². The first kappa shape index (κ1) is 13.2. The highest BCUT2D eigenvalue weighted by Crippen LogP contribution is 2.35. The maximum Gasteiger partial charge on any atom is 0.146 e. The average molecular weight is 246 g/mol. The van der Waals surface area contributed by atoms with Gasteiger partial charge < -0.3 is 5.73 Å². The summed E-state index contributed by atoms with van der Waals surface area (Å²) in [4.78, 5) is 16.8. The van der Waals surface area contributed by atoms with Gasteiger partial charge in [-0.05, 0) is 25.0 Å². The predicted molar refractivity (Wildman–Crippen MR) is 72.1 cm³/mol. The lowest BCUT2D eigenvalue weighted by Crippen LogP contribution is -2.39. The van der Waals surface area contributed by atoms with Gasteiger partial charge in [-0.15, -0.1) is 0 Å². The second-order valence-corrected chi connectivity index (χ2v) is 5.32. The molecule has 98 valence electrons. The molecule has 0 bridgehead atoms. The Balaban J connectivity index is 2.09. The van der Waals surface area contributed by atoms with Gasteiger partial charge in [0.25, 0.3) is 0 Å². The number of aromatic nitrogens is 1. The Morgan fingerprint density at radius 1 is 1.22 bits per heavy atom. The van der Waals surface area contributed by atoms with E-state index in [1.165, 1.54) is 12.8 Å². The van der Waals surface area contributed by atoms with Crippen LogP contribution >= 0.6 is 0 Å². The molecule has 0 saturated heterocycles. The van der Waals surface area contributed by atoms with Crippen LogP contribution in [0.15, 0.2) is 24.4 Å². The van der Waals surface area contributed by atoms with Crippen LogP contribution in [0.1, 0.15) is 44.2 Å². The quantitative estimate of drug-likeness (QED) is 0.830. The molecule has 1 heterocycles. The van der Waals surface area contributed by atoms with E-state index < -0.39 is 0 Å². The molecular weight excluding hydrogens is 224 g/mol. The SMILES string of the molecule is NCC1(C(=O)Cc2ccccn2)CCCCCC1. The molecule has 0 atom stereocenters. The summed E-state index contributed by atoms with van der Waals surface area (Å²) in [5, 5.41) is 0. The van der Waals surface area contributed by atoms with Gasteiger partial charge >= 0.3 is 0 Å². The highest BCUT2D eigenvalue weighted by Gasteiger charge is 2.36. The molecule has 1 aromatic heterocycles. The molecule has 1 aliphatic carbocycles. The molecule has 18 heavy (non-hydrogen) atoms. The van der Waals surface area contributed by atoms with E-state index in [0.717, 1.165) is 31.4 Å². The molecule has 2 N–H and O–H groups in total. The Labute approximate surface area is 109 Å². The van der Waals surface area contributed by atoms with Crippen molar-refractivity contribution in [1.29, 1.82) is 0 Å². The number of rotatable bonds is 4. The molecule has 3 heteroatoms. The molecule has 1 aliphatic rings. The zero-order valence-corrected chi connectivity index (χ0v) is 10.9. The number of Topliss-reactive ketones (excluding diaryl/α,β-unsaturated/α-hetero) is 1. The summed E-state index contributed by atoms with van der Waals surface area (Å²) in [7, 11) is 0. The van der Waals surface area contributed by atoms with Crippen LogP contribution in [0.4, 0.5) is 0 Å². The topological polar surface area (TPSA) is 56.0 Å². The fourth-order valence-electron chi connectivity index (χ4n) is 2.86. The Morgan fingerprint density at radius 3 is 2.50 bits per heavy atom. The number of pyridine rings is 1. The van der Waals surface area contributed by atoms with Crippen molar-refractivity contribution in [2.24, 2.45) is 11.1 Å². The third-order valence-electron chi connectivity index (χ3n) is 4.11. The molecule has 0 unspecified atom stereocenters. The number of nitrogens with two attached hydrogens (primary N) is 1. The fourth-order valence-corrected chi connectivity index (χ4v) is 2.86. The van der Waals surface area contributed by atoms with Crippen molar-refractivity contribution in [2.75, 3.05) is 6.54 Å². The van der Waals surface area contributed by atoms with Crippen molar-refractivity contribution in [2.45, 2.75) is 44.9 Å². The van der Waals surface area contributed by atoms with E-state index >= 15 is 0 Å². The first-order valence-corrected chi connectivity index (χ1v) is 6.90. The summed E-state index contributed by atoms with van der Waals surface area (Å²) < 4.78 is 0. The zero-order chi connectivity index (χ0) is 12.8. The number of hydrogen-bond donors (Lipinski definition) is 1. The number of carbonyl (C=O) groups excluding carboxylic acids is 1. The normalized spacial score (nSPS) is 19.2. The lowest BCUT2D eigenvalue weighted by molar-refractivity contribution is -0.128. The van der Waals surface area contributed by atoms with Gasteiger partial charge in [0.05, 0.1) is 0 Å². The Morgan fingerprint density at radius 2 is 1.94 bits per heavy atom. The molecule has 0 aliphatic heterocycles. The fraction of sp³-hybridized carbons (Fsp3) is 0.600. The van der Waals surface area contributed by atoms with Crippen LogP contribution in [0, 0.1) is 5.41 Å². The van der Waals surface area contributed by atoms with Crippen LogP contribution < -0.4 is 5.73 Å². The third kappa shape index (κ3) is 2.96. The first-order valence-electron chi connectivity index (χ1n) is 6.90. The van der Waals surface area contributed by atoms with Gasteiger partial charge in [0.15, 0.2) is 0 Å². The molecule has 1 saturated carbocycles. The van der Waals surface area contributed by atoms with Crippen LogP contribution in [0.5, 0.6) is 0 Å². The van der Waals surface area contributed by atoms with Gasteiger partial charge in [0.2, 0.25) is 0 Å². The summed E-state index contributed by atoms with van der Waals surface area (Å²) in [5.41, 5.74) is 6.50. The van der Waals surface area contributed by atoms with E-state index in [0.29, 0.717) is 13.0 Å². The van der Waals surface area contributed by atoms with E-state index in [4.69, 9.17) is 5.73 Å². The van der Waals surface area contributed by atoms with Crippen molar-refractivity contribution >= 4 is 5.78 Å². The van der Waals surface area contributed by atoms with Crippen molar-refractivity contribution in [1.82, 2.24) is 4.98 Å². The Bertz CT molecular complexity index is 381. The monoisotopic (exact) mass is 246 g/mol. The Hall–Kier alpha value is -1.22. The number of carbonyl (C=O) groups is 1. The molecule has 1 aromatic rings. The second-order valence-electron chi connectivity index (χ2n) is 5.32. The average Bonchev–Trinajstić information content (AvgIpc) is 2.66. The number of hydrogen-bond acceptors (Lipinski definition) is 3. The number of nitrogens with zero attached hydrogens (tertiary/aromatic N) is 1. The molecule has 1 fully saturated rings. The highest BCUT2D eigenvalue weighted by atomic mass is 16.1. The lowest BCUT2D eigenvalue weighted by Gasteiger charge is -2.29. The van der Waals surface area contributed by atoms with Gasteiger partial charge in [-0.25, -0.2) is 0 Å². The van der Waals surface area contributed by atoms with E-state index in [9.17, 15) is 4.79 Å². The summed E-state index contributed by atoms with van der Waals surface area (Å²) in [5.74, 6) is 0.283. The lowest BCUT2D eigenvalue weighted by atomic mass is 9.75. The van der Waals surface area contributed by atoms with Crippen molar-refractivity contribution < 1.29 is 4.79 Å². The van der Waals surface area contributed by atoms with Crippen LogP contribution in [0.3, 0.4) is 0 Å². The molecule has 0 aromatic carbocycles. The smallest absolute Gasteiger partial charge is 0.146 e. The standard InChI is InChI=1S/C15H22N2O/c16-12-15(8-4-1-2-5-9-15)14(18)11-13-7-3-6-10-17-13/h3,6-7,10H,1-2,4-5,8-9,11-12,16H2. The second kappa shape index (κ2) is 6.10. The van der Waals surface area contributed by atoms with Gasteiger partial charge in [-0.2, -0.15) is 0 Å². The molecule has 0 radical (unpaired) electrons.